The fourth-order valence-corrected chi connectivity index (χ4v) is 3.20. The number of fused-ring (bicyclic) bond motifs is 1. The van der Waals surface area contributed by atoms with Crippen LogP contribution in [0.2, 0.25) is 5.02 Å². The van der Waals surface area contributed by atoms with Crippen molar-refractivity contribution < 1.29 is 9.90 Å². The zero-order chi connectivity index (χ0) is 18.1. The number of nitrogens with zero attached hydrogens (tertiary/aromatic N) is 3. The van der Waals surface area contributed by atoms with Crippen LogP contribution in [0, 0.1) is 0 Å². The van der Waals surface area contributed by atoms with E-state index in [0.717, 1.165) is 0 Å². The quantitative estimate of drug-likeness (QED) is 0.593. The predicted molar refractivity (Wildman–Crippen MR) is 96.4 cm³/mol. The Kier molecular flexibility index (Phi) is 4.78. The fraction of sp³-hybridized carbons (Fsp3) is 0.200. The van der Waals surface area contributed by atoms with Gasteiger partial charge in [-0.15, -0.1) is 0 Å². The largest absolute Gasteiger partial charge is 0.465 e. The minimum atomic E-state index is -1.21. The van der Waals surface area contributed by atoms with Crippen molar-refractivity contribution in [2.24, 2.45) is 0 Å². The van der Waals surface area contributed by atoms with Crippen LogP contribution in [0.5, 0.6) is 0 Å². The molecule has 130 valence electrons. The summed E-state index contributed by atoms with van der Waals surface area (Å²) in [6.07, 6.45) is 0.687. The van der Waals surface area contributed by atoms with Gasteiger partial charge in [-0.3, -0.25) is 9.89 Å². The Morgan fingerprint density at radius 3 is 2.88 bits per heavy atom. The standard InChI is InChI=1S/C15H13BrClN5O3/c1-2-9(20-15(24)25)13-19-10-5-3-4-8(17)11(10)14(23)22(13)12-7(16)6-18-21-12/h3-6,9,20H,2H2,1H3,(H,18,21)(H,24,25). The molecule has 2 heterocycles. The summed E-state index contributed by atoms with van der Waals surface area (Å²) in [5.41, 5.74) is -0.0220. The van der Waals surface area contributed by atoms with Crippen LogP contribution in [-0.2, 0) is 0 Å². The molecule has 0 spiro atoms. The van der Waals surface area contributed by atoms with Gasteiger partial charge in [0.15, 0.2) is 5.82 Å². The molecule has 25 heavy (non-hydrogen) atoms. The lowest BCUT2D eigenvalue weighted by molar-refractivity contribution is 0.188. The highest BCUT2D eigenvalue weighted by atomic mass is 79.9. The van der Waals surface area contributed by atoms with Crippen LogP contribution in [-0.4, -0.2) is 30.9 Å². The van der Waals surface area contributed by atoms with Crippen LogP contribution >= 0.6 is 27.5 Å². The first-order chi connectivity index (χ1) is 11.9. The van der Waals surface area contributed by atoms with Gasteiger partial charge in [0.05, 0.1) is 32.6 Å². The predicted octanol–water partition coefficient (Wildman–Crippen LogP) is 3.24. The Morgan fingerprint density at radius 2 is 2.28 bits per heavy atom. The second-order valence-electron chi connectivity index (χ2n) is 5.22. The maximum Gasteiger partial charge on any atom is 0.405 e. The molecule has 0 saturated heterocycles. The molecule has 3 rings (SSSR count). The van der Waals surface area contributed by atoms with Gasteiger partial charge >= 0.3 is 6.09 Å². The van der Waals surface area contributed by atoms with E-state index in [0.29, 0.717) is 22.2 Å². The minimum absolute atomic E-state index is 0.245. The van der Waals surface area contributed by atoms with Gasteiger partial charge in [-0.1, -0.05) is 24.6 Å². The Bertz CT molecular complexity index is 1020. The molecule has 0 aliphatic carbocycles. The van der Waals surface area contributed by atoms with E-state index in [-0.39, 0.29) is 16.2 Å². The van der Waals surface area contributed by atoms with E-state index in [1.165, 1.54) is 10.8 Å². The first kappa shape index (κ1) is 17.4. The number of amides is 1. The van der Waals surface area contributed by atoms with E-state index in [1.54, 1.807) is 25.1 Å². The van der Waals surface area contributed by atoms with E-state index >= 15 is 0 Å². The molecule has 0 aliphatic rings. The van der Waals surface area contributed by atoms with Gasteiger partial charge in [-0.25, -0.2) is 14.3 Å². The van der Waals surface area contributed by atoms with Crippen LogP contribution in [0.15, 0.2) is 33.7 Å². The molecule has 2 aromatic heterocycles. The van der Waals surface area contributed by atoms with Crippen molar-refractivity contribution in [3.8, 4) is 5.82 Å². The van der Waals surface area contributed by atoms with Gasteiger partial charge in [0.2, 0.25) is 0 Å². The van der Waals surface area contributed by atoms with Crippen molar-refractivity contribution >= 4 is 44.5 Å². The van der Waals surface area contributed by atoms with Crippen molar-refractivity contribution in [3.63, 3.8) is 0 Å². The lowest BCUT2D eigenvalue weighted by Gasteiger charge is -2.20. The van der Waals surface area contributed by atoms with Crippen LogP contribution < -0.4 is 10.9 Å². The summed E-state index contributed by atoms with van der Waals surface area (Å²) in [5.74, 6) is 0.592. The topological polar surface area (TPSA) is 113 Å². The summed E-state index contributed by atoms with van der Waals surface area (Å²) < 4.78 is 1.82. The molecule has 1 amide bonds. The van der Waals surface area contributed by atoms with E-state index in [9.17, 15) is 9.59 Å². The summed E-state index contributed by atoms with van der Waals surface area (Å²) in [7, 11) is 0. The van der Waals surface area contributed by atoms with Crippen LogP contribution in [0.4, 0.5) is 4.79 Å². The number of aromatic nitrogens is 4. The number of hydrogen-bond donors (Lipinski definition) is 3. The normalized spacial score (nSPS) is 12.3. The summed E-state index contributed by atoms with van der Waals surface area (Å²) in [4.78, 5) is 28.8. The van der Waals surface area contributed by atoms with Gasteiger partial charge in [0.25, 0.3) is 5.56 Å². The Hall–Kier alpha value is -2.39. The number of carbonyl (C=O) groups is 1. The number of hydrogen-bond acceptors (Lipinski definition) is 4. The highest BCUT2D eigenvalue weighted by Gasteiger charge is 2.24. The molecule has 1 atom stereocenters. The maximum atomic E-state index is 13.1. The molecule has 3 N–H and O–H groups in total. The van der Waals surface area contributed by atoms with E-state index in [1.807, 2.05) is 0 Å². The van der Waals surface area contributed by atoms with Crippen molar-refractivity contribution in [3.05, 3.63) is 50.1 Å². The zero-order valence-electron chi connectivity index (χ0n) is 13.0. The highest BCUT2D eigenvalue weighted by Crippen LogP contribution is 2.25. The first-order valence-corrected chi connectivity index (χ1v) is 8.51. The molecule has 10 heteroatoms. The lowest BCUT2D eigenvalue weighted by Crippen LogP contribution is -2.34. The lowest BCUT2D eigenvalue weighted by atomic mass is 10.1. The maximum absolute atomic E-state index is 13.1. The molecule has 3 aromatic rings. The molecule has 1 unspecified atom stereocenters. The SMILES string of the molecule is CCC(NC(=O)O)c1nc2cccc(Cl)c2c(=O)n1-c1[nH]ncc1Br. The average Bonchev–Trinajstić information content (AvgIpc) is 2.98. The fourth-order valence-electron chi connectivity index (χ4n) is 2.58. The second-order valence-corrected chi connectivity index (χ2v) is 6.48. The van der Waals surface area contributed by atoms with E-state index < -0.39 is 17.7 Å². The number of rotatable bonds is 4. The summed E-state index contributed by atoms with van der Waals surface area (Å²) in [6, 6.07) is 4.25. The van der Waals surface area contributed by atoms with Gasteiger partial charge in [-0.2, -0.15) is 5.10 Å². The van der Waals surface area contributed by atoms with Gasteiger partial charge in [0, 0.05) is 0 Å². The van der Waals surface area contributed by atoms with E-state index in [2.05, 4.69) is 36.4 Å². The van der Waals surface area contributed by atoms with Crippen LogP contribution in [0.1, 0.15) is 25.2 Å². The molecule has 8 nitrogen and oxygen atoms in total. The molecule has 1 aromatic carbocycles. The Balaban J connectivity index is 2.40. The van der Waals surface area contributed by atoms with E-state index in [4.69, 9.17) is 16.7 Å². The van der Waals surface area contributed by atoms with Gasteiger partial charge < -0.3 is 10.4 Å². The summed E-state index contributed by atoms with van der Waals surface area (Å²) in [5, 5.41) is 18.6. The van der Waals surface area contributed by atoms with Crippen molar-refractivity contribution in [1.82, 2.24) is 25.1 Å². The van der Waals surface area contributed by atoms with Crippen molar-refractivity contribution in [1.29, 1.82) is 0 Å². The molecule has 0 radical (unpaired) electrons. The molecule has 0 aliphatic heterocycles. The summed E-state index contributed by atoms with van der Waals surface area (Å²) >= 11 is 9.51. The third-order valence-electron chi connectivity index (χ3n) is 3.69. The third-order valence-corrected chi connectivity index (χ3v) is 4.58. The molecular formula is C15H13BrClN5O3. The third kappa shape index (κ3) is 3.12. The minimum Gasteiger partial charge on any atom is -0.465 e. The summed E-state index contributed by atoms with van der Waals surface area (Å²) in [6.45, 7) is 1.79. The molecule has 0 saturated carbocycles. The van der Waals surface area contributed by atoms with Gasteiger partial charge in [0.1, 0.15) is 5.82 Å². The zero-order valence-corrected chi connectivity index (χ0v) is 15.3. The number of halogens is 2. The first-order valence-electron chi connectivity index (χ1n) is 7.34. The molecule has 0 fully saturated rings. The molecular weight excluding hydrogens is 414 g/mol. The Morgan fingerprint density at radius 1 is 1.52 bits per heavy atom. The average molecular weight is 427 g/mol. The van der Waals surface area contributed by atoms with Crippen molar-refractivity contribution in [2.45, 2.75) is 19.4 Å². The van der Waals surface area contributed by atoms with Gasteiger partial charge in [-0.05, 0) is 34.5 Å². The monoisotopic (exact) mass is 425 g/mol. The smallest absolute Gasteiger partial charge is 0.405 e. The Labute approximate surface area is 155 Å². The van der Waals surface area contributed by atoms with Crippen molar-refractivity contribution in [2.75, 3.05) is 0 Å². The van der Waals surface area contributed by atoms with Crippen LogP contribution in [0.3, 0.4) is 0 Å². The number of benzene rings is 1. The second kappa shape index (κ2) is 6.85. The van der Waals surface area contributed by atoms with Crippen LogP contribution in [0.25, 0.3) is 16.7 Å². The number of nitrogens with one attached hydrogen (secondary N) is 2. The molecule has 0 bridgehead atoms. The number of carboxylic acid groups (broad SMARTS) is 1. The number of H-pyrrole nitrogens is 1. The number of aromatic amines is 1. The highest BCUT2D eigenvalue weighted by molar-refractivity contribution is 9.10.